The number of H-pyrrole nitrogens is 1. The lowest BCUT2D eigenvalue weighted by atomic mass is 10.2. The van der Waals surface area contributed by atoms with Crippen LogP contribution in [-0.2, 0) is 16.1 Å². The SMILES string of the molecule is O=C(CC1COCCN1)NCc1cc[nH]c1. The summed E-state index contributed by atoms with van der Waals surface area (Å²) < 4.78 is 5.29. The minimum atomic E-state index is 0.0594. The molecule has 5 nitrogen and oxygen atoms in total. The van der Waals surface area contributed by atoms with Gasteiger partial charge < -0.3 is 20.4 Å². The van der Waals surface area contributed by atoms with Crippen molar-refractivity contribution in [3.05, 3.63) is 24.0 Å². The highest BCUT2D eigenvalue weighted by molar-refractivity contribution is 5.76. The van der Waals surface area contributed by atoms with E-state index in [-0.39, 0.29) is 11.9 Å². The van der Waals surface area contributed by atoms with Gasteiger partial charge in [0.25, 0.3) is 0 Å². The molecule has 1 unspecified atom stereocenters. The van der Waals surface area contributed by atoms with Crippen LogP contribution in [0, 0.1) is 0 Å². The van der Waals surface area contributed by atoms with Gasteiger partial charge in [-0.2, -0.15) is 0 Å². The van der Waals surface area contributed by atoms with Crippen LogP contribution < -0.4 is 10.6 Å². The van der Waals surface area contributed by atoms with Crippen LogP contribution in [-0.4, -0.2) is 36.7 Å². The maximum Gasteiger partial charge on any atom is 0.221 e. The fraction of sp³-hybridized carbons (Fsp3) is 0.545. The standard InChI is InChI=1S/C11H17N3O2/c15-11(5-10-8-16-4-3-13-10)14-7-9-1-2-12-6-9/h1-2,6,10,12-13H,3-5,7-8H2,(H,14,15). The van der Waals surface area contributed by atoms with Crippen molar-refractivity contribution in [1.29, 1.82) is 0 Å². The first-order valence-corrected chi connectivity index (χ1v) is 5.54. The average molecular weight is 223 g/mol. The molecule has 1 aliphatic rings. The molecule has 1 fully saturated rings. The number of amides is 1. The molecule has 3 N–H and O–H groups in total. The number of aromatic nitrogens is 1. The van der Waals surface area contributed by atoms with E-state index in [0.717, 1.165) is 18.7 Å². The molecule has 0 aliphatic carbocycles. The van der Waals surface area contributed by atoms with E-state index in [2.05, 4.69) is 15.6 Å². The number of aromatic amines is 1. The lowest BCUT2D eigenvalue weighted by molar-refractivity contribution is -0.122. The van der Waals surface area contributed by atoms with Crippen LogP contribution in [0.15, 0.2) is 18.5 Å². The molecular formula is C11H17N3O2. The molecular weight excluding hydrogens is 206 g/mol. The summed E-state index contributed by atoms with van der Waals surface area (Å²) in [5, 5.41) is 6.13. The maximum absolute atomic E-state index is 11.6. The summed E-state index contributed by atoms with van der Waals surface area (Å²) in [6.07, 6.45) is 4.20. The topological polar surface area (TPSA) is 66.2 Å². The van der Waals surface area contributed by atoms with Crippen LogP contribution in [0.2, 0.25) is 0 Å². The Hall–Kier alpha value is -1.33. The zero-order valence-corrected chi connectivity index (χ0v) is 9.16. The molecule has 1 amide bonds. The Morgan fingerprint density at radius 1 is 1.62 bits per heavy atom. The Morgan fingerprint density at radius 3 is 3.25 bits per heavy atom. The van der Waals surface area contributed by atoms with E-state index in [1.165, 1.54) is 0 Å². The molecule has 0 radical (unpaired) electrons. The second-order valence-electron chi connectivity index (χ2n) is 3.93. The maximum atomic E-state index is 11.6. The van der Waals surface area contributed by atoms with E-state index in [0.29, 0.717) is 19.6 Å². The van der Waals surface area contributed by atoms with E-state index in [1.807, 2.05) is 18.5 Å². The molecule has 1 aromatic rings. The second-order valence-corrected chi connectivity index (χ2v) is 3.93. The van der Waals surface area contributed by atoms with Crippen molar-refractivity contribution in [2.24, 2.45) is 0 Å². The fourth-order valence-electron chi connectivity index (χ4n) is 1.72. The van der Waals surface area contributed by atoms with E-state index in [4.69, 9.17) is 4.74 Å². The number of hydrogen-bond donors (Lipinski definition) is 3. The van der Waals surface area contributed by atoms with E-state index in [9.17, 15) is 4.79 Å². The third-order valence-electron chi connectivity index (χ3n) is 2.58. The summed E-state index contributed by atoms with van der Waals surface area (Å²) in [5.74, 6) is 0.0594. The van der Waals surface area contributed by atoms with Crippen molar-refractivity contribution >= 4 is 5.91 Å². The molecule has 0 aromatic carbocycles. The number of hydrogen-bond acceptors (Lipinski definition) is 3. The van der Waals surface area contributed by atoms with Crippen LogP contribution in [0.3, 0.4) is 0 Å². The van der Waals surface area contributed by atoms with Crippen molar-refractivity contribution in [1.82, 2.24) is 15.6 Å². The highest BCUT2D eigenvalue weighted by Crippen LogP contribution is 2.00. The number of morpholine rings is 1. The molecule has 0 saturated carbocycles. The van der Waals surface area contributed by atoms with Crippen molar-refractivity contribution < 1.29 is 9.53 Å². The monoisotopic (exact) mass is 223 g/mol. The van der Waals surface area contributed by atoms with Crippen LogP contribution in [0.25, 0.3) is 0 Å². The van der Waals surface area contributed by atoms with E-state index >= 15 is 0 Å². The molecule has 1 atom stereocenters. The number of nitrogens with one attached hydrogen (secondary N) is 3. The van der Waals surface area contributed by atoms with Gasteiger partial charge in [0.15, 0.2) is 0 Å². The number of carbonyl (C=O) groups is 1. The van der Waals surface area contributed by atoms with Gasteiger partial charge >= 0.3 is 0 Å². The largest absolute Gasteiger partial charge is 0.378 e. The molecule has 1 aromatic heterocycles. The number of carbonyl (C=O) groups excluding carboxylic acids is 1. The lowest BCUT2D eigenvalue weighted by Crippen LogP contribution is -2.44. The third kappa shape index (κ3) is 3.36. The van der Waals surface area contributed by atoms with Gasteiger partial charge in [-0.15, -0.1) is 0 Å². The Kier molecular flexibility index (Phi) is 3.96. The first kappa shape index (κ1) is 11.2. The van der Waals surface area contributed by atoms with Gasteiger partial charge in [0.05, 0.1) is 13.2 Å². The van der Waals surface area contributed by atoms with Crippen molar-refractivity contribution in [2.75, 3.05) is 19.8 Å². The van der Waals surface area contributed by atoms with Gasteiger partial charge in [-0.25, -0.2) is 0 Å². The fourth-order valence-corrected chi connectivity index (χ4v) is 1.72. The first-order chi connectivity index (χ1) is 7.84. The number of ether oxygens (including phenoxy) is 1. The van der Waals surface area contributed by atoms with Gasteiger partial charge in [-0.05, 0) is 11.6 Å². The lowest BCUT2D eigenvalue weighted by Gasteiger charge is -2.23. The summed E-state index contributed by atoms with van der Waals surface area (Å²) in [4.78, 5) is 14.5. The Balaban J connectivity index is 1.67. The third-order valence-corrected chi connectivity index (χ3v) is 2.58. The zero-order chi connectivity index (χ0) is 11.2. The molecule has 88 valence electrons. The molecule has 1 aliphatic heterocycles. The predicted octanol–water partition coefficient (Wildman–Crippen LogP) is 0.00940. The molecule has 2 rings (SSSR count). The quantitative estimate of drug-likeness (QED) is 0.673. The predicted molar refractivity (Wildman–Crippen MR) is 59.9 cm³/mol. The summed E-state index contributed by atoms with van der Waals surface area (Å²) in [6, 6.07) is 2.10. The van der Waals surface area contributed by atoms with Gasteiger partial charge in [-0.3, -0.25) is 4.79 Å². The number of rotatable bonds is 4. The summed E-state index contributed by atoms with van der Waals surface area (Å²) in [6.45, 7) is 2.77. The Morgan fingerprint density at radius 2 is 2.56 bits per heavy atom. The van der Waals surface area contributed by atoms with E-state index in [1.54, 1.807) is 0 Å². The Bertz CT molecular complexity index is 318. The molecule has 5 heteroatoms. The highest BCUT2D eigenvalue weighted by Gasteiger charge is 2.16. The van der Waals surface area contributed by atoms with Gasteiger partial charge in [0, 0.05) is 37.9 Å². The van der Waals surface area contributed by atoms with Gasteiger partial charge in [-0.1, -0.05) is 0 Å². The Labute approximate surface area is 94.6 Å². The van der Waals surface area contributed by atoms with Gasteiger partial charge in [0.1, 0.15) is 0 Å². The summed E-state index contributed by atoms with van der Waals surface area (Å²) in [5.41, 5.74) is 1.08. The smallest absolute Gasteiger partial charge is 0.221 e. The molecule has 16 heavy (non-hydrogen) atoms. The van der Waals surface area contributed by atoms with Crippen molar-refractivity contribution in [2.45, 2.75) is 19.0 Å². The minimum absolute atomic E-state index is 0.0594. The zero-order valence-electron chi connectivity index (χ0n) is 9.16. The summed E-state index contributed by atoms with van der Waals surface area (Å²) >= 11 is 0. The van der Waals surface area contributed by atoms with Crippen LogP contribution in [0.1, 0.15) is 12.0 Å². The van der Waals surface area contributed by atoms with Crippen molar-refractivity contribution in [3.8, 4) is 0 Å². The molecule has 1 saturated heterocycles. The van der Waals surface area contributed by atoms with Crippen LogP contribution >= 0.6 is 0 Å². The highest BCUT2D eigenvalue weighted by atomic mass is 16.5. The van der Waals surface area contributed by atoms with Crippen LogP contribution in [0.5, 0.6) is 0 Å². The second kappa shape index (κ2) is 5.67. The molecule has 2 heterocycles. The molecule has 0 spiro atoms. The minimum Gasteiger partial charge on any atom is -0.378 e. The summed E-state index contributed by atoms with van der Waals surface area (Å²) in [7, 11) is 0. The normalized spacial score (nSPS) is 20.6. The first-order valence-electron chi connectivity index (χ1n) is 5.54. The van der Waals surface area contributed by atoms with E-state index < -0.39 is 0 Å². The van der Waals surface area contributed by atoms with Gasteiger partial charge in [0.2, 0.25) is 5.91 Å². The average Bonchev–Trinajstić information content (AvgIpc) is 2.81. The molecule has 0 bridgehead atoms. The van der Waals surface area contributed by atoms with Crippen LogP contribution in [0.4, 0.5) is 0 Å². The van der Waals surface area contributed by atoms with Crippen molar-refractivity contribution in [3.63, 3.8) is 0 Å².